The van der Waals surface area contributed by atoms with Crippen LogP contribution in [0, 0.1) is 10.5 Å². The molecule has 1 unspecified atom stereocenters. The van der Waals surface area contributed by atoms with E-state index in [4.69, 9.17) is 0 Å². The second-order valence-electron chi connectivity index (χ2n) is 5.17. The lowest BCUT2D eigenvalue weighted by atomic mass is 10.1. The van der Waals surface area contributed by atoms with Gasteiger partial charge in [0.15, 0.2) is 0 Å². The van der Waals surface area contributed by atoms with Crippen LogP contribution < -0.4 is 5.32 Å². The van der Waals surface area contributed by atoms with Crippen molar-refractivity contribution in [3.63, 3.8) is 0 Å². The third-order valence-corrected chi connectivity index (χ3v) is 4.97. The number of hydrogen-bond donors (Lipinski definition) is 1. The molecule has 0 aliphatic carbocycles. The van der Waals surface area contributed by atoms with Crippen molar-refractivity contribution in [2.24, 2.45) is 0 Å². The van der Waals surface area contributed by atoms with Gasteiger partial charge in [-0.1, -0.05) is 13.0 Å². The van der Waals surface area contributed by atoms with Crippen molar-refractivity contribution in [1.82, 2.24) is 4.90 Å². The molecule has 0 bridgehead atoms. The van der Waals surface area contributed by atoms with Gasteiger partial charge in [-0.3, -0.25) is 0 Å². The van der Waals surface area contributed by atoms with Gasteiger partial charge in [-0.15, -0.1) is 0 Å². The number of nitrogens with zero attached hydrogens (tertiary/aromatic N) is 1. The summed E-state index contributed by atoms with van der Waals surface area (Å²) in [6, 6.07) is 7.32. The molecule has 2 rings (SSSR count). The Bertz CT molecular complexity index is 392. The fourth-order valence-corrected chi connectivity index (χ4v) is 3.05. The van der Waals surface area contributed by atoms with E-state index < -0.39 is 0 Å². The lowest BCUT2D eigenvalue weighted by molar-refractivity contribution is 0.300. The largest absolute Gasteiger partial charge is 0.382 e. The minimum absolute atomic E-state index is 0.639. The Morgan fingerprint density at radius 2 is 2.17 bits per heavy atom. The maximum absolute atomic E-state index is 3.70. The zero-order valence-electron chi connectivity index (χ0n) is 11.4. The zero-order valence-corrected chi connectivity index (χ0v) is 13.5. The lowest BCUT2D eigenvalue weighted by Gasteiger charge is -2.19. The normalized spacial score (nSPS) is 21.6. The molecule has 3 heteroatoms. The maximum atomic E-state index is 3.70. The van der Waals surface area contributed by atoms with Crippen LogP contribution in [-0.4, -0.2) is 30.6 Å². The Hall–Kier alpha value is -0.290. The van der Waals surface area contributed by atoms with Crippen LogP contribution in [0.5, 0.6) is 0 Å². The summed E-state index contributed by atoms with van der Waals surface area (Å²) in [4.78, 5) is 2.56. The van der Waals surface area contributed by atoms with Crippen LogP contribution in [0.3, 0.4) is 0 Å². The molecule has 0 spiro atoms. The van der Waals surface area contributed by atoms with E-state index in [9.17, 15) is 0 Å². The third kappa shape index (κ3) is 3.85. The van der Waals surface area contributed by atoms with Crippen LogP contribution in [0.2, 0.25) is 0 Å². The monoisotopic (exact) mass is 358 g/mol. The fourth-order valence-electron chi connectivity index (χ4n) is 2.53. The van der Waals surface area contributed by atoms with E-state index in [0.29, 0.717) is 6.04 Å². The molecular weight excluding hydrogens is 335 g/mol. The molecule has 100 valence electrons. The number of hydrogen-bond acceptors (Lipinski definition) is 2. The number of halogens is 1. The van der Waals surface area contributed by atoms with Gasteiger partial charge in [0, 0.05) is 21.8 Å². The Kier molecular flexibility index (Phi) is 5.30. The standard InChI is InChI=1S/C15H23IN2/c1-3-18-9-4-5-13(8-10-18)17-14-7-6-12(2)15(16)11-14/h6-7,11,13,17H,3-5,8-10H2,1-2H3. The van der Waals surface area contributed by atoms with Gasteiger partial charge in [-0.05, 0) is 79.6 Å². The number of rotatable bonds is 3. The average molecular weight is 358 g/mol. The first-order valence-corrected chi connectivity index (χ1v) is 8.02. The van der Waals surface area contributed by atoms with Gasteiger partial charge < -0.3 is 10.2 Å². The SMILES string of the molecule is CCN1CCCC(Nc2ccc(C)c(I)c2)CC1. The summed E-state index contributed by atoms with van der Waals surface area (Å²) in [5.74, 6) is 0. The van der Waals surface area contributed by atoms with E-state index in [-0.39, 0.29) is 0 Å². The molecule has 1 saturated heterocycles. The summed E-state index contributed by atoms with van der Waals surface area (Å²) in [5, 5.41) is 3.70. The van der Waals surface area contributed by atoms with Gasteiger partial charge in [-0.2, -0.15) is 0 Å². The number of nitrogens with one attached hydrogen (secondary N) is 1. The highest BCUT2D eigenvalue weighted by molar-refractivity contribution is 14.1. The van der Waals surface area contributed by atoms with Crippen molar-refractivity contribution in [2.75, 3.05) is 25.0 Å². The van der Waals surface area contributed by atoms with E-state index in [1.165, 1.54) is 53.7 Å². The minimum Gasteiger partial charge on any atom is -0.382 e. The smallest absolute Gasteiger partial charge is 0.0353 e. The molecule has 1 aliphatic heterocycles. The molecule has 1 heterocycles. The first-order valence-electron chi connectivity index (χ1n) is 6.94. The van der Waals surface area contributed by atoms with Crippen LogP contribution in [0.4, 0.5) is 5.69 Å². The predicted octanol–water partition coefficient (Wildman–Crippen LogP) is 3.89. The van der Waals surface area contributed by atoms with E-state index in [2.05, 4.69) is 64.9 Å². The summed E-state index contributed by atoms with van der Waals surface area (Å²) in [6.45, 7) is 8.11. The topological polar surface area (TPSA) is 15.3 Å². The van der Waals surface area contributed by atoms with Gasteiger partial charge in [0.25, 0.3) is 0 Å². The van der Waals surface area contributed by atoms with Crippen LogP contribution in [0.15, 0.2) is 18.2 Å². The molecular formula is C15H23IN2. The van der Waals surface area contributed by atoms with E-state index >= 15 is 0 Å². The maximum Gasteiger partial charge on any atom is 0.0353 e. The number of anilines is 1. The first-order chi connectivity index (χ1) is 8.69. The van der Waals surface area contributed by atoms with Crippen molar-refractivity contribution in [1.29, 1.82) is 0 Å². The first kappa shape index (κ1) is 14.1. The van der Waals surface area contributed by atoms with Crippen LogP contribution in [0.25, 0.3) is 0 Å². The van der Waals surface area contributed by atoms with E-state index in [1.807, 2.05) is 0 Å². The van der Waals surface area contributed by atoms with Gasteiger partial charge in [-0.25, -0.2) is 0 Å². The molecule has 0 saturated carbocycles. The van der Waals surface area contributed by atoms with E-state index in [1.54, 1.807) is 0 Å². The molecule has 1 aromatic carbocycles. The number of benzene rings is 1. The van der Waals surface area contributed by atoms with Gasteiger partial charge >= 0.3 is 0 Å². The van der Waals surface area contributed by atoms with Crippen molar-refractivity contribution in [2.45, 2.75) is 39.2 Å². The highest BCUT2D eigenvalue weighted by Gasteiger charge is 2.15. The van der Waals surface area contributed by atoms with Crippen molar-refractivity contribution < 1.29 is 0 Å². The van der Waals surface area contributed by atoms with Gasteiger partial charge in [0.2, 0.25) is 0 Å². The molecule has 0 amide bonds. The Morgan fingerprint density at radius 1 is 1.33 bits per heavy atom. The number of aryl methyl sites for hydroxylation is 1. The molecule has 1 N–H and O–H groups in total. The quantitative estimate of drug-likeness (QED) is 0.825. The number of likely N-dealkylation sites (tertiary alicyclic amines) is 1. The molecule has 1 fully saturated rings. The van der Waals surface area contributed by atoms with Crippen LogP contribution >= 0.6 is 22.6 Å². The van der Waals surface area contributed by atoms with Crippen LogP contribution in [0.1, 0.15) is 31.7 Å². The average Bonchev–Trinajstić information content (AvgIpc) is 2.59. The predicted molar refractivity (Wildman–Crippen MR) is 87.3 cm³/mol. The fraction of sp³-hybridized carbons (Fsp3) is 0.600. The summed E-state index contributed by atoms with van der Waals surface area (Å²) in [5.41, 5.74) is 2.64. The van der Waals surface area contributed by atoms with Gasteiger partial charge in [0.05, 0.1) is 0 Å². The van der Waals surface area contributed by atoms with Crippen molar-refractivity contribution in [3.8, 4) is 0 Å². The highest BCUT2D eigenvalue weighted by Crippen LogP contribution is 2.20. The molecule has 0 aromatic heterocycles. The van der Waals surface area contributed by atoms with Gasteiger partial charge in [0.1, 0.15) is 0 Å². The second kappa shape index (κ2) is 6.75. The Labute approximate surface area is 124 Å². The zero-order chi connectivity index (χ0) is 13.0. The molecule has 1 aromatic rings. The summed E-state index contributed by atoms with van der Waals surface area (Å²) >= 11 is 2.41. The third-order valence-electron chi connectivity index (χ3n) is 3.81. The van der Waals surface area contributed by atoms with Crippen molar-refractivity contribution >= 4 is 28.3 Å². The minimum atomic E-state index is 0.639. The molecule has 2 nitrogen and oxygen atoms in total. The molecule has 1 aliphatic rings. The summed E-state index contributed by atoms with van der Waals surface area (Å²) in [7, 11) is 0. The Balaban J connectivity index is 1.94. The van der Waals surface area contributed by atoms with Crippen molar-refractivity contribution in [3.05, 3.63) is 27.3 Å². The summed E-state index contributed by atoms with van der Waals surface area (Å²) < 4.78 is 1.35. The highest BCUT2D eigenvalue weighted by atomic mass is 127. The molecule has 1 atom stereocenters. The van der Waals surface area contributed by atoms with E-state index in [0.717, 1.165) is 0 Å². The Morgan fingerprint density at radius 3 is 2.89 bits per heavy atom. The molecule has 0 radical (unpaired) electrons. The lowest BCUT2D eigenvalue weighted by Crippen LogP contribution is -2.26. The van der Waals surface area contributed by atoms with Crippen LogP contribution in [-0.2, 0) is 0 Å². The second-order valence-corrected chi connectivity index (χ2v) is 6.33. The summed E-state index contributed by atoms with van der Waals surface area (Å²) in [6.07, 6.45) is 3.87. The molecule has 18 heavy (non-hydrogen) atoms.